The van der Waals surface area contributed by atoms with E-state index in [-0.39, 0.29) is 48.3 Å². The third-order valence-electron chi connectivity index (χ3n) is 11.2. The molecule has 0 saturated carbocycles. The van der Waals surface area contributed by atoms with E-state index in [1.165, 1.54) is 21.3 Å². The van der Waals surface area contributed by atoms with E-state index in [0.717, 1.165) is 0 Å². The third-order valence-corrected chi connectivity index (χ3v) is 11.2. The molecule has 9 atom stereocenters. The van der Waals surface area contributed by atoms with Crippen LogP contribution >= 0.6 is 0 Å². The molecule has 3 N–H and O–H groups in total. The van der Waals surface area contributed by atoms with Gasteiger partial charge in [-0.3, -0.25) is 24.1 Å². The number of benzene rings is 1. The van der Waals surface area contributed by atoms with E-state index in [2.05, 4.69) is 10.6 Å². The van der Waals surface area contributed by atoms with Crippen molar-refractivity contribution in [3.8, 4) is 5.75 Å². The van der Waals surface area contributed by atoms with Crippen LogP contribution in [0, 0.1) is 23.7 Å². The second-order valence-corrected chi connectivity index (χ2v) is 15.9. The molecule has 0 radical (unpaired) electrons. The number of ether oxygens (including phenoxy) is 3. The number of nitrogens with zero attached hydrogens (tertiary/aromatic N) is 3. The summed E-state index contributed by atoms with van der Waals surface area (Å²) in [5.41, 5.74) is 0.644. The summed E-state index contributed by atoms with van der Waals surface area (Å²) >= 11 is 0. The zero-order valence-corrected chi connectivity index (χ0v) is 35.5. The number of carboxylic acid groups (broad SMARTS) is 1. The Balaban J connectivity index is 2.29. The Morgan fingerprint density at radius 1 is 0.909 bits per heavy atom. The molecular formula is C41H69N5O9. The van der Waals surface area contributed by atoms with Gasteiger partial charge >= 0.3 is 5.97 Å². The highest BCUT2D eigenvalue weighted by atomic mass is 16.5. The Hall–Kier alpha value is -3.75. The van der Waals surface area contributed by atoms with Crippen molar-refractivity contribution in [2.75, 3.05) is 49.0 Å². The maximum atomic E-state index is 14.2. The highest BCUT2D eigenvalue weighted by Crippen LogP contribution is 2.30. The largest absolute Gasteiger partial charge is 0.496 e. The summed E-state index contributed by atoms with van der Waals surface area (Å²) < 4.78 is 17.3. The topological polar surface area (TPSA) is 167 Å². The molecule has 1 aromatic carbocycles. The van der Waals surface area contributed by atoms with Crippen molar-refractivity contribution in [1.29, 1.82) is 0 Å². The average molecular weight is 776 g/mol. The Morgan fingerprint density at radius 3 is 2.05 bits per heavy atom. The van der Waals surface area contributed by atoms with Gasteiger partial charge in [0.05, 0.1) is 49.8 Å². The summed E-state index contributed by atoms with van der Waals surface area (Å²) in [6, 6.07) is 3.71. The monoisotopic (exact) mass is 776 g/mol. The molecule has 0 bridgehead atoms. The molecule has 0 spiro atoms. The number of rotatable bonds is 22. The molecule has 4 amide bonds. The van der Waals surface area contributed by atoms with E-state index in [9.17, 15) is 29.1 Å². The van der Waals surface area contributed by atoms with E-state index in [1.54, 1.807) is 48.0 Å². The molecule has 0 aliphatic carbocycles. The summed E-state index contributed by atoms with van der Waals surface area (Å²) in [5, 5.41) is 15.7. The van der Waals surface area contributed by atoms with Crippen molar-refractivity contribution >= 4 is 29.6 Å². The maximum Gasteiger partial charge on any atom is 0.326 e. The minimum atomic E-state index is -1.21. The van der Waals surface area contributed by atoms with Gasteiger partial charge in [-0.25, -0.2) is 4.79 Å². The molecule has 1 fully saturated rings. The van der Waals surface area contributed by atoms with Crippen molar-refractivity contribution in [3.63, 3.8) is 0 Å². The van der Waals surface area contributed by atoms with Gasteiger partial charge in [0.1, 0.15) is 17.8 Å². The van der Waals surface area contributed by atoms with E-state index in [0.29, 0.717) is 37.1 Å². The first-order chi connectivity index (χ1) is 25.9. The van der Waals surface area contributed by atoms with Gasteiger partial charge in [0.2, 0.25) is 23.6 Å². The molecular weight excluding hydrogens is 706 g/mol. The number of carboxylic acids is 1. The predicted octanol–water partition coefficient (Wildman–Crippen LogP) is 3.45. The van der Waals surface area contributed by atoms with Gasteiger partial charge in [-0.1, -0.05) is 73.1 Å². The Labute approximate surface area is 329 Å². The molecule has 1 heterocycles. The first-order valence-corrected chi connectivity index (χ1v) is 19.6. The molecule has 2 rings (SSSR count). The van der Waals surface area contributed by atoms with Crippen LogP contribution < -0.4 is 15.4 Å². The fraction of sp³-hybridized carbons (Fsp3) is 0.732. The smallest absolute Gasteiger partial charge is 0.326 e. The van der Waals surface area contributed by atoms with Gasteiger partial charge in [-0.15, -0.1) is 0 Å². The zero-order valence-electron chi connectivity index (χ0n) is 35.5. The molecule has 1 aliphatic heterocycles. The van der Waals surface area contributed by atoms with Gasteiger partial charge in [0.25, 0.3) is 0 Å². The number of aliphatic carboxylic acids is 1. The van der Waals surface area contributed by atoms with Crippen LogP contribution in [-0.4, -0.2) is 141 Å². The predicted molar refractivity (Wildman–Crippen MR) is 211 cm³/mol. The summed E-state index contributed by atoms with van der Waals surface area (Å²) in [5.74, 6) is -2.84. The number of hydrogen-bond acceptors (Lipinski definition) is 9. The number of methoxy groups -OCH3 is 3. The first-order valence-electron chi connectivity index (χ1n) is 19.6. The fourth-order valence-corrected chi connectivity index (χ4v) is 8.01. The second-order valence-electron chi connectivity index (χ2n) is 15.9. The van der Waals surface area contributed by atoms with Crippen molar-refractivity contribution < 1.29 is 43.3 Å². The molecule has 1 aromatic rings. The summed E-state index contributed by atoms with van der Waals surface area (Å²) in [7, 11) is 9.92. The van der Waals surface area contributed by atoms with Gasteiger partial charge < -0.3 is 39.8 Å². The van der Waals surface area contributed by atoms with E-state index in [1.807, 2.05) is 60.5 Å². The van der Waals surface area contributed by atoms with Crippen molar-refractivity contribution in [2.24, 2.45) is 23.7 Å². The van der Waals surface area contributed by atoms with Crippen LogP contribution in [0.4, 0.5) is 0 Å². The zero-order chi connectivity index (χ0) is 41.7. The molecule has 1 saturated heterocycles. The number of carbonyl (C=O) groups is 5. The summed E-state index contributed by atoms with van der Waals surface area (Å²) in [4.78, 5) is 72.9. The number of likely N-dealkylation sites (N-methyl/N-ethyl adjacent to an activating group) is 2. The average Bonchev–Trinajstić information content (AvgIpc) is 3.62. The SMILES string of the molecule is CC[C@H](C)[C@@H](C(CC(=O)N1CCC[C@H]1[C@H](OC)[C@@H](C)C(=O)N[C@@H](Cc1ccccc1OC)C(=O)O)OC)N(C)C(=O)[C@@H](NC(=O)[C@H](C(C)C)N(C)C)C(C)C. The number of likely N-dealkylation sites (tertiary alicyclic amines) is 1. The molecule has 1 aliphatic rings. The molecule has 14 heteroatoms. The van der Waals surface area contributed by atoms with Crippen LogP contribution in [0.1, 0.15) is 79.7 Å². The van der Waals surface area contributed by atoms with E-state index < -0.39 is 60.2 Å². The van der Waals surface area contributed by atoms with Crippen LogP contribution in [0.15, 0.2) is 24.3 Å². The Kier molecular flexibility index (Phi) is 19.1. The van der Waals surface area contributed by atoms with Crippen LogP contribution in [0.25, 0.3) is 0 Å². The highest BCUT2D eigenvalue weighted by molar-refractivity contribution is 5.90. The van der Waals surface area contributed by atoms with Crippen LogP contribution in [-0.2, 0) is 39.9 Å². The standard InChI is InChI=1S/C41H69N5O9/c1-14-26(6)36(45(10)40(50)34(24(2)3)43-39(49)35(25(4)5)44(8)9)32(54-12)23-33(47)46-21-17-19-30(46)37(55-13)27(7)38(48)42-29(41(51)52)22-28-18-15-16-20-31(28)53-11/h15-16,18,20,24-27,29-30,32,34-37H,14,17,19,21-23H2,1-13H3,(H,42,48)(H,43,49)(H,51,52)/t26-,27+,29-,30-,32?,34-,35-,36-,37+/m0/s1. The molecule has 312 valence electrons. The highest BCUT2D eigenvalue weighted by Gasteiger charge is 2.43. The quantitative estimate of drug-likeness (QED) is 0.159. The molecule has 14 nitrogen and oxygen atoms in total. The lowest BCUT2D eigenvalue weighted by atomic mass is 9.89. The Morgan fingerprint density at radius 2 is 1.55 bits per heavy atom. The van der Waals surface area contributed by atoms with Crippen molar-refractivity contribution in [2.45, 2.75) is 123 Å². The van der Waals surface area contributed by atoms with E-state index in [4.69, 9.17) is 14.2 Å². The number of para-hydroxylation sites is 1. The normalized spacial score (nSPS) is 18.9. The van der Waals surface area contributed by atoms with Crippen LogP contribution in [0.3, 0.4) is 0 Å². The minimum absolute atomic E-state index is 0.0224. The number of nitrogens with one attached hydrogen (secondary N) is 2. The fourth-order valence-electron chi connectivity index (χ4n) is 8.01. The maximum absolute atomic E-state index is 14.2. The number of carbonyl (C=O) groups excluding carboxylic acids is 4. The van der Waals surface area contributed by atoms with Crippen molar-refractivity contribution in [3.05, 3.63) is 29.8 Å². The number of amides is 4. The van der Waals surface area contributed by atoms with Gasteiger partial charge in [-0.05, 0) is 56.3 Å². The molecule has 55 heavy (non-hydrogen) atoms. The van der Waals surface area contributed by atoms with Gasteiger partial charge in [0.15, 0.2) is 0 Å². The summed E-state index contributed by atoms with van der Waals surface area (Å²) in [6.07, 6.45) is 0.622. The van der Waals surface area contributed by atoms with E-state index >= 15 is 0 Å². The van der Waals surface area contributed by atoms with Gasteiger partial charge in [-0.2, -0.15) is 0 Å². The molecule has 1 unspecified atom stereocenters. The van der Waals surface area contributed by atoms with Crippen molar-refractivity contribution in [1.82, 2.24) is 25.3 Å². The van der Waals surface area contributed by atoms with Crippen LogP contribution in [0.5, 0.6) is 5.75 Å². The van der Waals surface area contributed by atoms with Crippen LogP contribution in [0.2, 0.25) is 0 Å². The lowest BCUT2D eigenvalue weighted by Crippen LogP contribution is -2.59. The lowest BCUT2D eigenvalue weighted by molar-refractivity contribution is -0.148. The lowest BCUT2D eigenvalue weighted by Gasteiger charge is -2.41. The van der Waals surface area contributed by atoms with Gasteiger partial charge in [0, 0.05) is 34.2 Å². The minimum Gasteiger partial charge on any atom is -0.496 e. The second kappa shape index (κ2) is 22.1. The molecule has 0 aromatic heterocycles. The third kappa shape index (κ3) is 12.4. The Bertz CT molecular complexity index is 1410. The number of hydrogen-bond donors (Lipinski definition) is 3. The first kappa shape index (κ1) is 47.4. The summed E-state index contributed by atoms with van der Waals surface area (Å²) in [6.45, 7) is 13.9.